The topological polar surface area (TPSA) is 59.3 Å². The van der Waals surface area contributed by atoms with Crippen molar-refractivity contribution in [2.24, 2.45) is 0 Å². The molecule has 4 nitrogen and oxygen atoms in total. The Balaban J connectivity index is 2.52. The minimum absolute atomic E-state index is 0.148. The van der Waals surface area contributed by atoms with Gasteiger partial charge in [0, 0.05) is 11.4 Å². The molecule has 0 amide bonds. The Labute approximate surface area is 110 Å². The molecule has 1 aliphatic carbocycles. The predicted molar refractivity (Wildman–Crippen MR) is 63.3 cm³/mol. The lowest BCUT2D eigenvalue weighted by atomic mass is 10.1. The Morgan fingerprint density at radius 1 is 1.20 bits per heavy atom. The first-order valence-electron chi connectivity index (χ1n) is 5.88. The van der Waals surface area contributed by atoms with Crippen LogP contribution in [-0.4, -0.2) is 15.6 Å². The van der Waals surface area contributed by atoms with E-state index in [9.17, 15) is 22.8 Å². The number of carboxylic acids is 1. The maximum absolute atomic E-state index is 13.9. The van der Waals surface area contributed by atoms with Crippen LogP contribution in [-0.2, 0) is 0 Å². The quantitative estimate of drug-likeness (QED) is 0.861. The summed E-state index contributed by atoms with van der Waals surface area (Å²) in [4.78, 5) is 23.1. The lowest BCUT2D eigenvalue weighted by molar-refractivity contribution is 0.0694. The largest absolute Gasteiger partial charge is 0.477 e. The average molecular weight is 283 g/mol. The lowest BCUT2D eigenvalue weighted by Crippen LogP contribution is -2.27. The second-order valence-corrected chi connectivity index (χ2v) is 4.69. The number of halogens is 3. The fourth-order valence-electron chi connectivity index (χ4n) is 2.24. The van der Waals surface area contributed by atoms with Gasteiger partial charge in [-0.3, -0.25) is 4.79 Å². The van der Waals surface area contributed by atoms with Crippen molar-refractivity contribution in [3.63, 3.8) is 0 Å². The molecule has 0 radical (unpaired) electrons. The maximum Gasteiger partial charge on any atom is 0.341 e. The predicted octanol–water partition coefficient (Wildman–Crippen LogP) is 2.45. The molecule has 3 rings (SSSR count). The molecule has 1 fully saturated rings. The van der Waals surface area contributed by atoms with E-state index in [2.05, 4.69) is 0 Å². The summed E-state index contributed by atoms with van der Waals surface area (Å²) >= 11 is 0. The van der Waals surface area contributed by atoms with Gasteiger partial charge in [0.1, 0.15) is 5.56 Å². The number of hydrogen-bond acceptors (Lipinski definition) is 2. The number of aromatic nitrogens is 1. The third-order valence-corrected chi connectivity index (χ3v) is 3.30. The molecule has 104 valence electrons. The van der Waals surface area contributed by atoms with Crippen molar-refractivity contribution >= 4 is 16.9 Å². The second kappa shape index (κ2) is 4.09. The number of benzene rings is 1. The number of fused-ring (bicyclic) bond motifs is 1. The number of rotatable bonds is 2. The molecule has 7 heteroatoms. The van der Waals surface area contributed by atoms with E-state index < -0.39 is 34.5 Å². The van der Waals surface area contributed by atoms with Crippen LogP contribution in [0.2, 0.25) is 0 Å². The van der Waals surface area contributed by atoms with Crippen molar-refractivity contribution in [2.45, 2.75) is 18.9 Å². The Kier molecular flexibility index (Phi) is 2.60. The van der Waals surface area contributed by atoms with E-state index in [1.165, 1.54) is 0 Å². The number of carboxylic acid groups (broad SMARTS) is 1. The van der Waals surface area contributed by atoms with Crippen molar-refractivity contribution in [3.8, 4) is 0 Å². The molecule has 0 spiro atoms. The SMILES string of the molecule is O=C(O)c1cc2cc(F)c(F)c(F)c2n(C2CC2)c1=O. The minimum Gasteiger partial charge on any atom is -0.477 e. The average Bonchev–Trinajstić information content (AvgIpc) is 3.20. The van der Waals surface area contributed by atoms with Crippen molar-refractivity contribution in [1.29, 1.82) is 0 Å². The van der Waals surface area contributed by atoms with E-state index in [4.69, 9.17) is 5.11 Å². The number of carbonyl (C=O) groups is 1. The molecule has 20 heavy (non-hydrogen) atoms. The Morgan fingerprint density at radius 3 is 2.40 bits per heavy atom. The second-order valence-electron chi connectivity index (χ2n) is 4.69. The number of hydrogen-bond donors (Lipinski definition) is 1. The van der Waals surface area contributed by atoms with E-state index in [0.29, 0.717) is 18.9 Å². The van der Waals surface area contributed by atoms with Crippen LogP contribution in [0.25, 0.3) is 10.9 Å². The molecule has 1 aromatic heterocycles. The molecule has 1 aliphatic rings. The highest BCUT2D eigenvalue weighted by molar-refractivity contribution is 5.93. The molecule has 0 saturated heterocycles. The molecule has 1 aromatic carbocycles. The highest BCUT2D eigenvalue weighted by Gasteiger charge is 2.31. The van der Waals surface area contributed by atoms with Gasteiger partial charge in [-0.1, -0.05) is 0 Å². The van der Waals surface area contributed by atoms with Crippen LogP contribution in [0.3, 0.4) is 0 Å². The smallest absolute Gasteiger partial charge is 0.341 e. The first-order valence-corrected chi connectivity index (χ1v) is 5.88. The zero-order chi connectivity index (χ0) is 14.6. The van der Waals surface area contributed by atoms with Crippen molar-refractivity contribution in [3.05, 3.63) is 45.5 Å². The van der Waals surface area contributed by atoms with Crippen molar-refractivity contribution in [2.75, 3.05) is 0 Å². The van der Waals surface area contributed by atoms with Crippen LogP contribution in [0, 0.1) is 17.5 Å². The minimum atomic E-state index is -1.67. The monoisotopic (exact) mass is 283 g/mol. The van der Waals surface area contributed by atoms with Crippen LogP contribution in [0.5, 0.6) is 0 Å². The summed E-state index contributed by atoms with van der Waals surface area (Å²) in [5.74, 6) is -6.06. The van der Waals surface area contributed by atoms with Crippen molar-refractivity contribution < 1.29 is 23.1 Å². The summed E-state index contributed by atoms with van der Waals surface area (Å²) in [7, 11) is 0. The summed E-state index contributed by atoms with van der Waals surface area (Å²) in [5.41, 5.74) is -1.88. The number of aromatic carboxylic acids is 1. The zero-order valence-corrected chi connectivity index (χ0v) is 9.99. The fraction of sp³-hybridized carbons (Fsp3) is 0.231. The Hall–Kier alpha value is -2.31. The summed E-state index contributed by atoms with van der Waals surface area (Å²) in [6.07, 6.45) is 1.13. The number of nitrogens with zero attached hydrogens (tertiary/aromatic N) is 1. The van der Waals surface area contributed by atoms with Gasteiger partial charge in [-0.25, -0.2) is 18.0 Å². The first-order chi connectivity index (χ1) is 9.41. The van der Waals surface area contributed by atoms with Crippen LogP contribution in [0.4, 0.5) is 13.2 Å². The van der Waals surface area contributed by atoms with Crippen LogP contribution in [0.1, 0.15) is 29.2 Å². The highest BCUT2D eigenvalue weighted by atomic mass is 19.2. The van der Waals surface area contributed by atoms with Crippen LogP contribution in [0.15, 0.2) is 16.9 Å². The van der Waals surface area contributed by atoms with Gasteiger partial charge in [0.25, 0.3) is 5.56 Å². The van der Waals surface area contributed by atoms with Gasteiger partial charge in [0.15, 0.2) is 17.5 Å². The zero-order valence-electron chi connectivity index (χ0n) is 9.99. The van der Waals surface area contributed by atoms with E-state index in [1.54, 1.807) is 0 Å². The number of pyridine rings is 1. The first kappa shape index (κ1) is 12.7. The van der Waals surface area contributed by atoms with Gasteiger partial charge in [0.2, 0.25) is 0 Å². The molecule has 0 bridgehead atoms. The summed E-state index contributed by atoms with van der Waals surface area (Å²) in [5, 5.41) is 8.82. The molecule has 0 unspecified atom stereocenters. The summed E-state index contributed by atoms with van der Waals surface area (Å²) in [6.45, 7) is 0. The molecular formula is C13H8F3NO3. The van der Waals surface area contributed by atoms with Gasteiger partial charge in [0.05, 0.1) is 5.52 Å². The van der Waals surface area contributed by atoms with E-state index in [1.807, 2.05) is 0 Å². The molecule has 1 saturated carbocycles. The molecule has 0 atom stereocenters. The standard InChI is InChI=1S/C13H8F3NO3/c14-8-4-5-3-7(13(19)20)12(18)17(6-1-2-6)11(5)10(16)9(8)15/h3-4,6H,1-2H2,(H,19,20). The Bertz CT molecular complexity index is 809. The maximum atomic E-state index is 13.9. The summed E-state index contributed by atoms with van der Waals surface area (Å²) < 4.78 is 41.4. The van der Waals surface area contributed by atoms with Crippen LogP contribution >= 0.6 is 0 Å². The third kappa shape index (κ3) is 1.70. The highest BCUT2D eigenvalue weighted by Crippen LogP contribution is 2.37. The van der Waals surface area contributed by atoms with Gasteiger partial charge in [-0.2, -0.15) is 0 Å². The molecular weight excluding hydrogens is 275 g/mol. The Morgan fingerprint density at radius 2 is 1.85 bits per heavy atom. The molecule has 1 heterocycles. The normalized spacial score (nSPS) is 14.8. The van der Waals surface area contributed by atoms with Gasteiger partial charge in [-0.05, 0) is 25.0 Å². The molecule has 0 aliphatic heterocycles. The lowest BCUT2D eigenvalue weighted by Gasteiger charge is -2.12. The third-order valence-electron chi connectivity index (χ3n) is 3.30. The molecule has 2 aromatic rings. The van der Waals surface area contributed by atoms with Crippen molar-refractivity contribution in [1.82, 2.24) is 4.57 Å². The van der Waals surface area contributed by atoms with Gasteiger partial charge < -0.3 is 9.67 Å². The van der Waals surface area contributed by atoms with E-state index >= 15 is 0 Å². The van der Waals surface area contributed by atoms with E-state index in [-0.39, 0.29) is 16.9 Å². The summed E-state index contributed by atoms with van der Waals surface area (Å²) in [6, 6.07) is 1.19. The fourth-order valence-corrected chi connectivity index (χ4v) is 2.24. The van der Waals surface area contributed by atoms with Crippen LogP contribution < -0.4 is 5.56 Å². The molecule has 1 N–H and O–H groups in total. The van der Waals surface area contributed by atoms with E-state index in [0.717, 1.165) is 10.6 Å². The van der Waals surface area contributed by atoms with Gasteiger partial charge >= 0.3 is 5.97 Å². The van der Waals surface area contributed by atoms with Gasteiger partial charge in [-0.15, -0.1) is 0 Å².